The number of carbonyl (C=O) groups excluding carboxylic acids is 2. The molecule has 1 saturated carbocycles. The lowest BCUT2D eigenvalue weighted by molar-refractivity contribution is -0.157. The summed E-state index contributed by atoms with van der Waals surface area (Å²) in [6, 6.07) is 7.46. The number of hydrogen-bond donors (Lipinski definition) is 0. The molecular formula is C28H37ClN4O4. The minimum Gasteiger partial charge on any atom is -0.444 e. The van der Waals surface area contributed by atoms with Crippen LogP contribution in [-0.4, -0.2) is 76.1 Å². The Balaban J connectivity index is 1.08. The predicted octanol–water partition coefficient (Wildman–Crippen LogP) is 4.98. The van der Waals surface area contributed by atoms with Gasteiger partial charge in [0.05, 0.1) is 5.69 Å². The lowest BCUT2D eigenvalue weighted by Gasteiger charge is -2.59. The highest BCUT2D eigenvalue weighted by Crippen LogP contribution is 2.52. The van der Waals surface area contributed by atoms with E-state index in [2.05, 4.69) is 4.90 Å². The molecule has 8 nitrogen and oxygen atoms in total. The zero-order valence-electron chi connectivity index (χ0n) is 22.4. The Hall–Kier alpha value is -2.58. The van der Waals surface area contributed by atoms with Gasteiger partial charge in [-0.25, -0.2) is 9.78 Å². The number of hydrogen-bond acceptors (Lipinski definition) is 6. The second-order valence-corrected chi connectivity index (χ2v) is 12.5. The number of piperazine rings is 1. The molecule has 200 valence electrons. The number of oxazole rings is 1. The number of carbonyl (C=O) groups is 2. The lowest BCUT2D eigenvalue weighted by Crippen LogP contribution is -2.65. The summed E-state index contributed by atoms with van der Waals surface area (Å²) in [7, 11) is 0. The van der Waals surface area contributed by atoms with Crippen LogP contribution in [0.4, 0.5) is 4.79 Å². The van der Waals surface area contributed by atoms with E-state index in [1.807, 2.05) is 63.8 Å². The molecule has 1 spiro atoms. The van der Waals surface area contributed by atoms with Gasteiger partial charge in [-0.2, -0.15) is 0 Å². The van der Waals surface area contributed by atoms with Crippen LogP contribution in [0.1, 0.15) is 52.0 Å². The number of ether oxygens (including phenoxy) is 1. The third-order valence-corrected chi connectivity index (χ3v) is 8.00. The van der Waals surface area contributed by atoms with Gasteiger partial charge in [0.1, 0.15) is 11.4 Å². The fourth-order valence-corrected chi connectivity index (χ4v) is 6.07. The highest BCUT2D eigenvalue weighted by molar-refractivity contribution is 6.30. The third kappa shape index (κ3) is 5.50. The average molecular weight is 529 g/mol. The minimum atomic E-state index is -0.522. The maximum Gasteiger partial charge on any atom is 0.410 e. The Bertz CT molecular complexity index is 1160. The van der Waals surface area contributed by atoms with E-state index in [-0.39, 0.29) is 29.4 Å². The van der Waals surface area contributed by atoms with Gasteiger partial charge in [0, 0.05) is 61.8 Å². The van der Waals surface area contributed by atoms with Crippen molar-refractivity contribution < 1.29 is 18.7 Å². The SMILES string of the molecule is Cc1oc(-c2ccc(Cl)cc2)nc1CN1CC2(CC(C(=O)N3CCN(C(=O)OC(C)(C)C)[C@@H](C)C3)C2)C1. The Morgan fingerprint density at radius 2 is 1.84 bits per heavy atom. The molecule has 1 aliphatic carbocycles. The molecule has 5 rings (SSSR count). The summed E-state index contributed by atoms with van der Waals surface area (Å²) in [6.45, 7) is 13.9. The molecule has 0 N–H and O–H groups in total. The molecule has 3 heterocycles. The first kappa shape index (κ1) is 26.0. The second kappa shape index (κ2) is 9.62. The first-order chi connectivity index (χ1) is 17.4. The summed E-state index contributed by atoms with van der Waals surface area (Å²) in [4.78, 5) is 36.5. The molecule has 1 aromatic heterocycles. The van der Waals surface area contributed by atoms with E-state index in [0.29, 0.717) is 30.5 Å². The summed E-state index contributed by atoms with van der Waals surface area (Å²) in [5, 5.41) is 0.688. The highest BCUT2D eigenvalue weighted by Gasteiger charge is 2.55. The number of nitrogens with zero attached hydrogens (tertiary/aromatic N) is 4. The summed E-state index contributed by atoms with van der Waals surface area (Å²) in [5.74, 6) is 1.79. The van der Waals surface area contributed by atoms with Crippen molar-refractivity contribution in [2.45, 2.75) is 65.6 Å². The number of aromatic nitrogens is 1. The number of benzene rings is 1. The highest BCUT2D eigenvalue weighted by atomic mass is 35.5. The average Bonchev–Trinajstić information content (AvgIpc) is 3.13. The van der Waals surface area contributed by atoms with Crippen molar-refractivity contribution >= 4 is 23.6 Å². The molecular weight excluding hydrogens is 492 g/mol. The number of rotatable bonds is 4. The van der Waals surface area contributed by atoms with Crippen molar-refractivity contribution in [2.24, 2.45) is 11.3 Å². The summed E-state index contributed by atoms with van der Waals surface area (Å²) < 4.78 is 11.4. The molecule has 0 radical (unpaired) electrons. The standard InChI is InChI=1S/C28H37ClN4O4/c1-18-14-32(10-11-33(18)26(35)37-27(3,4)5)25(34)21-12-28(13-21)16-31(17-28)15-23-19(2)36-24(30-23)20-6-8-22(29)9-7-20/h6-9,18,21H,10-17H2,1-5H3/t18-/m0/s1. The minimum absolute atomic E-state index is 0.0516. The fourth-order valence-electron chi connectivity index (χ4n) is 5.94. The van der Waals surface area contributed by atoms with E-state index in [9.17, 15) is 9.59 Å². The Morgan fingerprint density at radius 3 is 2.46 bits per heavy atom. The van der Waals surface area contributed by atoms with Crippen molar-refractivity contribution in [2.75, 3.05) is 32.7 Å². The first-order valence-electron chi connectivity index (χ1n) is 13.1. The number of aryl methyl sites for hydroxylation is 1. The molecule has 0 bridgehead atoms. The molecule has 37 heavy (non-hydrogen) atoms. The van der Waals surface area contributed by atoms with E-state index in [1.165, 1.54) is 0 Å². The molecule has 2 aliphatic heterocycles. The molecule has 1 aromatic carbocycles. The van der Waals surface area contributed by atoms with Crippen molar-refractivity contribution in [1.82, 2.24) is 19.7 Å². The van der Waals surface area contributed by atoms with Crippen molar-refractivity contribution in [3.8, 4) is 11.5 Å². The van der Waals surface area contributed by atoms with Crippen LogP contribution in [-0.2, 0) is 16.1 Å². The number of halogens is 1. The largest absolute Gasteiger partial charge is 0.444 e. The second-order valence-electron chi connectivity index (χ2n) is 12.1. The number of likely N-dealkylation sites (tertiary alicyclic amines) is 1. The van der Waals surface area contributed by atoms with Gasteiger partial charge >= 0.3 is 6.09 Å². The maximum atomic E-state index is 13.2. The molecule has 2 aromatic rings. The molecule has 3 aliphatic rings. The van der Waals surface area contributed by atoms with Gasteiger partial charge in [-0.1, -0.05) is 11.6 Å². The summed E-state index contributed by atoms with van der Waals surface area (Å²) in [5.41, 5.74) is 1.61. The van der Waals surface area contributed by atoms with E-state index < -0.39 is 5.60 Å². The van der Waals surface area contributed by atoms with E-state index in [4.69, 9.17) is 25.7 Å². The maximum absolute atomic E-state index is 13.2. The smallest absolute Gasteiger partial charge is 0.410 e. The fraction of sp³-hybridized carbons (Fsp3) is 0.607. The summed E-state index contributed by atoms with van der Waals surface area (Å²) >= 11 is 5.99. The molecule has 3 fully saturated rings. The zero-order valence-corrected chi connectivity index (χ0v) is 23.2. The quantitative estimate of drug-likeness (QED) is 0.556. The van der Waals surface area contributed by atoms with Crippen LogP contribution in [0.25, 0.3) is 11.5 Å². The third-order valence-electron chi connectivity index (χ3n) is 7.75. The molecule has 0 unspecified atom stereocenters. The van der Waals surface area contributed by atoms with Crippen molar-refractivity contribution in [3.63, 3.8) is 0 Å². The van der Waals surface area contributed by atoms with Crippen LogP contribution < -0.4 is 0 Å². The van der Waals surface area contributed by atoms with Gasteiger partial charge in [-0.05, 0) is 77.1 Å². The van der Waals surface area contributed by atoms with Gasteiger partial charge < -0.3 is 19.0 Å². The molecule has 9 heteroatoms. The Morgan fingerprint density at radius 1 is 1.16 bits per heavy atom. The molecule has 2 saturated heterocycles. The summed E-state index contributed by atoms with van der Waals surface area (Å²) in [6.07, 6.45) is 1.58. The van der Waals surface area contributed by atoms with Crippen LogP contribution in [0.2, 0.25) is 5.02 Å². The normalized spacial score (nSPS) is 22.1. The van der Waals surface area contributed by atoms with Gasteiger partial charge in [-0.3, -0.25) is 9.69 Å². The molecule has 1 atom stereocenters. The molecule has 2 amide bonds. The van der Waals surface area contributed by atoms with Crippen LogP contribution in [0, 0.1) is 18.3 Å². The van der Waals surface area contributed by atoms with Crippen molar-refractivity contribution in [1.29, 1.82) is 0 Å². The monoisotopic (exact) mass is 528 g/mol. The predicted molar refractivity (Wildman–Crippen MR) is 141 cm³/mol. The van der Waals surface area contributed by atoms with Crippen molar-refractivity contribution in [3.05, 3.63) is 40.7 Å². The van der Waals surface area contributed by atoms with E-state index >= 15 is 0 Å². The van der Waals surface area contributed by atoms with Gasteiger partial charge in [0.2, 0.25) is 11.8 Å². The van der Waals surface area contributed by atoms with E-state index in [1.54, 1.807) is 4.90 Å². The van der Waals surface area contributed by atoms with E-state index in [0.717, 1.165) is 49.5 Å². The van der Waals surface area contributed by atoms with Crippen LogP contribution in [0.5, 0.6) is 0 Å². The van der Waals surface area contributed by atoms with Crippen LogP contribution in [0.15, 0.2) is 28.7 Å². The lowest BCUT2D eigenvalue weighted by atomic mass is 9.57. The number of amides is 2. The van der Waals surface area contributed by atoms with Gasteiger partial charge in [0.25, 0.3) is 0 Å². The topological polar surface area (TPSA) is 79.1 Å². The van der Waals surface area contributed by atoms with Gasteiger partial charge in [0.15, 0.2) is 0 Å². The van der Waals surface area contributed by atoms with Crippen LogP contribution in [0.3, 0.4) is 0 Å². The Kier molecular flexibility index (Phi) is 6.77. The zero-order chi connectivity index (χ0) is 26.5. The van der Waals surface area contributed by atoms with Gasteiger partial charge in [-0.15, -0.1) is 0 Å². The first-order valence-corrected chi connectivity index (χ1v) is 13.5. The Labute approximate surface area is 223 Å². The van der Waals surface area contributed by atoms with Crippen LogP contribution >= 0.6 is 11.6 Å².